The molecule has 150 valence electrons. The first-order valence-electron chi connectivity index (χ1n) is 9.26. The number of ether oxygens (including phenoxy) is 1. The molecule has 0 saturated heterocycles. The molecular formula is C23H18ClN3O3. The van der Waals surface area contributed by atoms with Crippen LogP contribution in [0.1, 0.15) is 17.2 Å². The molecule has 2 aromatic heterocycles. The topological polar surface area (TPSA) is 84.3 Å². The van der Waals surface area contributed by atoms with E-state index in [0.29, 0.717) is 32.8 Å². The SMILES string of the molecule is O=C(COc1ccccc1)NC(c1cccnc1)c1cc(Cl)c2cccnc2c1O. The third-order valence-corrected chi connectivity index (χ3v) is 4.90. The normalized spacial score (nSPS) is 11.8. The van der Waals surface area contributed by atoms with Gasteiger partial charge in [-0.3, -0.25) is 14.8 Å². The number of aromatic hydroxyl groups is 1. The van der Waals surface area contributed by atoms with Gasteiger partial charge in [-0.1, -0.05) is 35.9 Å². The molecule has 0 fully saturated rings. The Morgan fingerprint density at radius 1 is 1.10 bits per heavy atom. The molecule has 1 amide bonds. The zero-order valence-corrected chi connectivity index (χ0v) is 16.6. The van der Waals surface area contributed by atoms with E-state index in [1.54, 1.807) is 55.0 Å². The van der Waals surface area contributed by atoms with Crippen LogP contribution in [0.5, 0.6) is 11.5 Å². The summed E-state index contributed by atoms with van der Waals surface area (Å²) in [6.07, 6.45) is 4.84. The quantitative estimate of drug-likeness (QED) is 0.487. The molecule has 2 N–H and O–H groups in total. The van der Waals surface area contributed by atoms with Crippen molar-refractivity contribution in [3.05, 3.63) is 95.4 Å². The molecule has 4 rings (SSSR count). The van der Waals surface area contributed by atoms with E-state index in [4.69, 9.17) is 16.3 Å². The summed E-state index contributed by atoms with van der Waals surface area (Å²) in [5, 5.41) is 14.9. The number of phenolic OH excluding ortho intramolecular Hbond substituents is 1. The number of benzene rings is 2. The predicted octanol–water partition coefficient (Wildman–Crippen LogP) is 4.27. The minimum atomic E-state index is -0.686. The van der Waals surface area contributed by atoms with Crippen molar-refractivity contribution < 1.29 is 14.6 Å². The van der Waals surface area contributed by atoms with E-state index in [9.17, 15) is 9.90 Å². The Balaban J connectivity index is 1.67. The largest absolute Gasteiger partial charge is 0.505 e. The summed E-state index contributed by atoms with van der Waals surface area (Å²) in [6.45, 7) is -0.179. The molecule has 0 aliphatic heterocycles. The fourth-order valence-corrected chi connectivity index (χ4v) is 3.45. The maximum absolute atomic E-state index is 12.6. The minimum Gasteiger partial charge on any atom is -0.505 e. The van der Waals surface area contributed by atoms with Crippen LogP contribution in [-0.2, 0) is 4.79 Å². The molecule has 0 aliphatic carbocycles. The summed E-state index contributed by atoms with van der Waals surface area (Å²) in [5.41, 5.74) is 1.48. The van der Waals surface area contributed by atoms with Crippen molar-refractivity contribution in [3.8, 4) is 11.5 Å². The number of para-hydroxylation sites is 1. The molecular weight excluding hydrogens is 402 g/mol. The van der Waals surface area contributed by atoms with Gasteiger partial charge in [0.25, 0.3) is 5.91 Å². The van der Waals surface area contributed by atoms with Gasteiger partial charge in [0, 0.05) is 29.5 Å². The molecule has 6 nitrogen and oxygen atoms in total. The van der Waals surface area contributed by atoms with E-state index in [2.05, 4.69) is 15.3 Å². The highest BCUT2D eigenvalue weighted by Crippen LogP contribution is 2.38. The van der Waals surface area contributed by atoms with Gasteiger partial charge in [0.2, 0.25) is 0 Å². The lowest BCUT2D eigenvalue weighted by Gasteiger charge is -2.21. The van der Waals surface area contributed by atoms with Gasteiger partial charge in [0.05, 0.1) is 11.1 Å². The van der Waals surface area contributed by atoms with Crippen molar-refractivity contribution in [1.29, 1.82) is 0 Å². The van der Waals surface area contributed by atoms with Crippen LogP contribution in [0.2, 0.25) is 5.02 Å². The van der Waals surface area contributed by atoms with Crippen LogP contribution in [0.4, 0.5) is 0 Å². The standard InChI is InChI=1S/C23H18ClN3O3/c24-19-12-18(23(29)22-17(19)9-5-11-26-22)21(15-6-4-10-25-13-15)27-20(28)14-30-16-7-2-1-3-8-16/h1-13,21,29H,14H2,(H,27,28). The van der Waals surface area contributed by atoms with Crippen LogP contribution in [0.3, 0.4) is 0 Å². The molecule has 4 aromatic rings. The summed E-state index contributed by atoms with van der Waals surface area (Å²) < 4.78 is 5.54. The molecule has 1 atom stereocenters. The number of halogens is 1. The number of hydrogen-bond acceptors (Lipinski definition) is 5. The van der Waals surface area contributed by atoms with Crippen LogP contribution in [-0.4, -0.2) is 27.6 Å². The molecule has 0 saturated carbocycles. The number of aromatic nitrogens is 2. The zero-order chi connectivity index (χ0) is 20.9. The van der Waals surface area contributed by atoms with Gasteiger partial charge in [-0.15, -0.1) is 0 Å². The minimum absolute atomic E-state index is 0.0480. The van der Waals surface area contributed by atoms with E-state index in [1.165, 1.54) is 0 Å². The first kappa shape index (κ1) is 19.7. The van der Waals surface area contributed by atoms with Crippen molar-refractivity contribution in [2.75, 3.05) is 6.61 Å². The summed E-state index contributed by atoms with van der Waals surface area (Å²) in [7, 11) is 0. The van der Waals surface area contributed by atoms with Crippen molar-refractivity contribution >= 4 is 28.4 Å². The van der Waals surface area contributed by atoms with E-state index in [1.807, 2.05) is 24.3 Å². The summed E-state index contributed by atoms with van der Waals surface area (Å²) in [6, 6.07) is 17.1. The van der Waals surface area contributed by atoms with Crippen molar-refractivity contribution in [1.82, 2.24) is 15.3 Å². The molecule has 0 spiro atoms. The Kier molecular flexibility index (Phi) is 5.77. The maximum atomic E-state index is 12.6. The van der Waals surface area contributed by atoms with E-state index < -0.39 is 6.04 Å². The third kappa shape index (κ3) is 4.18. The first-order valence-corrected chi connectivity index (χ1v) is 9.64. The first-order chi connectivity index (χ1) is 14.6. The lowest BCUT2D eigenvalue weighted by Crippen LogP contribution is -2.33. The fourth-order valence-electron chi connectivity index (χ4n) is 3.18. The van der Waals surface area contributed by atoms with Gasteiger partial charge < -0.3 is 15.2 Å². The Bertz CT molecular complexity index is 1170. The molecule has 0 bridgehead atoms. The summed E-state index contributed by atoms with van der Waals surface area (Å²) in [5.74, 6) is 0.184. The van der Waals surface area contributed by atoms with Crippen LogP contribution >= 0.6 is 11.6 Å². The van der Waals surface area contributed by atoms with Crippen LogP contribution in [0.25, 0.3) is 10.9 Å². The number of nitrogens with one attached hydrogen (secondary N) is 1. The Labute approximate surface area is 178 Å². The number of pyridine rings is 2. The number of nitrogens with zero attached hydrogens (tertiary/aromatic N) is 2. The van der Waals surface area contributed by atoms with Crippen molar-refractivity contribution in [2.24, 2.45) is 0 Å². The number of hydrogen-bond donors (Lipinski definition) is 2. The maximum Gasteiger partial charge on any atom is 0.258 e. The van der Waals surface area contributed by atoms with Crippen LogP contribution in [0, 0.1) is 0 Å². The van der Waals surface area contributed by atoms with Crippen LogP contribution < -0.4 is 10.1 Å². The van der Waals surface area contributed by atoms with E-state index in [0.717, 1.165) is 0 Å². The number of carbonyl (C=O) groups is 1. The second kappa shape index (κ2) is 8.80. The van der Waals surface area contributed by atoms with E-state index in [-0.39, 0.29) is 18.3 Å². The predicted molar refractivity (Wildman–Crippen MR) is 115 cm³/mol. The molecule has 0 radical (unpaired) electrons. The van der Waals surface area contributed by atoms with Crippen molar-refractivity contribution in [2.45, 2.75) is 6.04 Å². The third-order valence-electron chi connectivity index (χ3n) is 4.59. The van der Waals surface area contributed by atoms with Gasteiger partial charge in [-0.25, -0.2) is 0 Å². The molecule has 7 heteroatoms. The van der Waals surface area contributed by atoms with E-state index >= 15 is 0 Å². The second-order valence-corrected chi connectivity index (χ2v) is 6.99. The highest BCUT2D eigenvalue weighted by molar-refractivity contribution is 6.35. The lowest BCUT2D eigenvalue weighted by atomic mass is 9.97. The van der Waals surface area contributed by atoms with Gasteiger partial charge in [0.1, 0.15) is 17.0 Å². The monoisotopic (exact) mass is 419 g/mol. The Morgan fingerprint density at radius 2 is 1.90 bits per heavy atom. The molecule has 1 unspecified atom stereocenters. The molecule has 30 heavy (non-hydrogen) atoms. The smallest absolute Gasteiger partial charge is 0.258 e. The van der Waals surface area contributed by atoms with Crippen LogP contribution in [0.15, 0.2) is 79.3 Å². The van der Waals surface area contributed by atoms with Gasteiger partial charge in [-0.05, 0) is 42.0 Å². The van der Waals surface area contributed by atoms with Gasteiger partial charge in [-0.2, -0.15) is 0 Å². The Hall–Kier alpha value is -3.64. The number of phenols is 1. The number of rotatable bonds is 6. The zero-order valence-electron chi connectivity index (χ0n) is 15.8. The average Bonchev–Trinajstić information content (AvgIpc) is 2.80. The second-order valence-electron chi connectivity index (χ2n) is 6.58. The number of fused-ring (bicyclic) bond motifs is 1. The molecule has 0 aliphatic rings. The average molecular weight is 420 g/mol. The molecule has 2 aromatic carbocycles. The van der Waals surface area contributed by atoms with Crippen molar-refractivity contribution in [3.63, 3.8) is 0 Å². The van der Waals surface area contributed by atoms with Gasteiger partial charge >= 0.3 is 0 Å². The summed E-state index contributed by atoms with van der Waals surface area (Å²) >= 11 is 6.44. The molecule has 2 heterocycles. The lowest BCUT2D eigenvalue weighted by molar-refractivity contribution is -0.123. The highest BCUT2D eigenvalue weighted by Gasteiger charge is 2.23. The fraction of sp³-hybridized carbons (Fsp3) is 0.0870. The highest BCUT2D eigenvalue weighted by atomic mass is 35.5. The number of amides is 1. The summed E-state index contributed by atoms with van der Waals surface area (Å²) in [4.78, 5) is 21.0. The Morgan fingerprint density at radius 3 is 2.67 bits per heavy atom. The van der Waals surface area contributed by atoms with Gasteiger partial charge in [0.15, 0.2) is 6.61 Å². The number of carbonyl (C=O) groups excluding carboxylic acids is 1.